The van der Waals surface area contributed by atoms with Gasteiger partial charge in [-0.25, -0.2) is 18.6 Å². The third-order valence-corrected chi connectivity index (χ3v) is 5.25. The van der Waals surface area contributed by atoms with Crippen molar-refractivity contribution >= 4 is 33.8 Å². The molecule has 0 aliphatic heterocycles. The molecule has 2 aromatic carbocycles. The number of nitrogens with one attached hydrogen (secondary N) is 1. The number of carbonyl (C=O) groups excluding carboxylic acids is 2. The van der Waals surface area contributed by atoms with Gasteiger partial charge in [-0.1, -0.05) is 0 Å². The molecule has 0 spiro atoms. The number of methoxy groups -OCH3 is 1. The Labute approximate surface area is 199 Å². The van der Waals surface area contributed by atoms with E-state index >= 15 is 0 Å². The Morgan fingerprint density at radius 1 is 1.03 bits per heavy atom. The predicted molar refractivity (Wildman–Crippen MR) is 129 cm³/mol. The van der Waals surface area contributed by atoms with Gasteiger partial charge in [0.15, 0.2) is 6.61 Å². The molecule has 34 heavy (non-hydrogen) atoms. The molecule has 0 aromatic heterocycles. The van der Waals surface area contributed by atoms with Gasteiger partial charge in [-0.3, -0.25) is 9.10 Å². The fraction of sp³-hybridized carbons (Fsp3) is 0.348. The van der Waals surface area contributed by atoms with E-state index in [1.54, 1.807) is 69.3 Å². The van der Waals surface area contributed by atoms with Crippen molar-refractivity contribution in [2.45, 2.75) is 26.4 Å². The van der Waals surface area contributed by atoms with Crippen LogP contribution in [0.1, 0.15) is 26.3 Å². The minimum absolute atomic E-state index is 0.216. The monoisotopic (exact) mass is 491 g/mol. The van der Waals surface area contributed by atoms with Gasteiger partial charge in [-0.2, -0.15) is 5.10 Å². The van der Waals surface area contributed by atoms with Crippen molar-refractivity contribution in [1.29, 1.82) is 0 Å². The van der Waals surface area contributed by atoms with E-state index in [0.29, 0.717) is 22.7 Å². The number of esters is 1. The fourth-order valence-corrected chi connectivity index (χ4v) is 3.51. The van der Waals surface area contributed by atoms with Crippen molar-refractivity contribution in [2.24, 2.45) is 5.10 Å². The lowest BCUT2D eigenvalue weighted by Crippen LogP contribution is -2.39. The van der Waals surface area contributed by atoms with E-state index in [9.17, 15) is 18.0 Å². The summed E-state index contributed by atoms with van der Waals surface area (Å²) in [7, 11) is -2.20. The Bertz CT molecular complexity index is 1110. The van der Waals surface area contributed by atoms with Crippen LogP contribution in [-0.4, -0.2) is 58.6 Å². The third kappa shape index (κ3) is 9.10. The number of amides is 1. The molecule has 0 bridgehead atoms. The lowest BCUT2D eigenvalue weighted by Gasteiger charge is -2.21. The molecule has 0 atom stereocenters. The number of anilines is 1. The van der Waals surface area contributed by atoms with Crippen LogP contribution < -0.4 is 19.2 Å². The molecule has 0 unspecified atom stereocenters. The first-order valence-electron chi connectivity index (χ1n) is 10.3. The van der Waals surface area contributed by atoms with E-state index in [-0.39, 0.29) is 6.61 Å². The summed E-state index contributed by atoms with van der Waals surface area (Å²) in [5.41, 5.74) is 2.70. The van der Waals surface area contributed by atoms with Crippen LogP contribution in [0.4, 0.5) is 5.69 Å². The topological polar surface area (TPSA) is 124 Å². The highest BCUT2D eigenvalue weighted by molar-refractivity contribution is 7.92. The summed E-state index contributed by atoms with van der Waals surface area (Å²) in [6.45, 7) is 4.66. The summed E-state index contributed by atoms with van der Waals surface area (Å²) in [5.74, 6) is -0.0590. The van der Waals surface area contributed by atoms with Gasteiger partial charge < -0.3 is 14.2 Å². The first-order valence-corrected chi connectivity index (χ1v) is 12.1. The van der Waals surface area contributed by atoms with Crippen molar-refractivity contribution < 1.29 is 32.2 Å². The number of rotatable bonds is 10. The number of ether oxygens (including phenoxy) is 3. The van der Waals surface area contributed by atoms with E-state index in [4.69, 9.17) is 14.2 Å². The SMILES string of the molecule is COc1ccc(N(CC(=O)N/N=C\c2ccc(OCC(=O)OC(C)(C)C)cc2)S(C)(=O)=O)cc1. The molecule has 0 saturated carbocycles. The van der Waals surface area contributed by atoms with Gasteiger partial charge in [-0.05, 0) is 74.9 Å². The van der Waals surface area contributed by atoms with Gasteiger partial charge in [0.2, 0.25) is 10.0 Å². The number of hydrazone groups is 1. The summed E-state index contributed by atoms with van der Waals surface area (Å²) in [6.07, 6.45) is 2.41. The van der Waals surface area contributed by atoms with Gasteiger partial charge in [0.25, 0.3) is 5.91 Å². The number of hydrogen-bond acceptors (Lipinski definition) is 8. The van der Waals surface area contributed by atoms with Crippen LogP contribution in [0.5, 0.6) is 11.5 Å². The maximum absolute atomic E-state index is 12.3. The summed E-state index contributed by atoms with van der Waals surface area (Å²) < 4.78 is 40.9. The molecule has 2 aromatic rings. The molecule has 1 amide bonds. The third-order valence-electron chi connectivity index (χ3n) is 4.11. The summed E-state index contributed by atoms with van der Waals surface area (Å²) in [5, 5.41) is 3.86. The van der Waals surface area contributed by atoms with Crippen molar-refractivity contribution in [3.8, 4) is 11.5 Å². The van der Waals surface area contributed by atoms with Crippen LogP contribution >= 0.6 is 0 Å². The van der Waals surface area contributed by atoms with Crippen molar-refractivity contribution in [1.82, 2.24) is 5.43 Å². The standard InChI is InChI=1S/C23H29N3O7S/c1-23(2,3)33-22(28)16-32-20-10-6-17(7-11-20)14-24-25-21(27)15-26(34(5,29)30)18-8-12-19(31-4)13-9-18/h6-14H,15-16H2,1-5H3,(H,25,27)/b24-14-. The van der Waals surface area contributed by atoms with Gasteiger partial charge in [0.1, 0.15) is 23.6 Å². The van der Waals surface area contributed by atoms with Crippen LogP contribution in [0.2, 0.25) is 0 Å². The largest absolute Gasteiger partial charge is 0.497 e. The van der Waals surface area contributed by atoms with E-state index in [2.05, 4.69) is 10.5 Å². The van der Waals surface area contributed by atoms with E-state index in [1.165, 1.54) is 13.3 Å². The van der Waals surface area contributed by atoms with E-state index < -0.39 is 34.0 Å². The van der Waals surface area contributed by atoms with Crippen LogP contribution in [-0.2, 0) is 24.3 Å². The van der Waals surface area contributed by atoms with Crippen LogP contribution in [0, 0.1) is 0 Å². The molecule has 0 saturated heterocycles. The molecule has 0 heterocycles. The van der Waals surface area contributed by atoms with Gasteiger partial charge in [0, 0.05) is 0 Å². The number of carbonyl (C=O) groups is 2. The zero-order valence-corrected chi connectivity index (χ0v) is 20.6. The Morgan fingerprint density at radius 3 is 2.15 bits per heavy atom. The second-order valence-electron chi connectivity index (χ2n) is 8.20. The Hall–Kier alpha value is -3.60. The predicted octanol–water partition coefficient (Wildman–Crippen LogP) is 2.33. The van der Waals surface area contributed by atoms with E-state index in [1.807, 2.05) is 0 Å². The molecule has 10 nitrogen and oxygen atoms in total. The fourth-order valence-electron chi connectivity index (χ4n) is 2.66. The Kier molecular flexibility index (Phi) is 9.02. The van der Waals surface area contributed by atoms with Gasteiger partial charge >= 0.3 is 5.97 Å². The number of sulfonamides is 1. The first kappa shape index (κ1) is 26.7. The quantitative estimate of drug-likeness (QED) is 0.307. The Balaban J connectivity index is 1.91. The summed E-state index contributed by atoms with van der Waals surface area (Å²) >= 11 is 0. The molecule has 184 valence electrons. The molecule has 1 N–H and O–H groups in total. The number of nitrogens with zero attached hydrogens (tertiary/aromatic N) is 2. The Morgan fingerprint density at radius 2 is 1.62 bits per heavy atom. The van der Waals surface area contributed by atoms with Gasteiger partial charge in [-0.15, -0.1) is 0 Å². The van der Waals surface area contributed by atoms with Crippen molar-refractivity contribution in [2.75, 3.05) is 30.8 Å². The molecule has 0 aliphatic carbocycles. The molecule has 0 radical (unpaired) electrons. The normalized spacial score (nSPS) is 11.7. The zero-order valence-electron chi connectivity index (χ0n) is 19.8. The highest BCUT2D eigenvalue weighted by Crippen LogP contribution is 2.21. The first-order chi connectivity index (χ1) is 15.9. The minimum atomic E-state index is -3.70. The van der Waals surface area contributed by atoms with Crippen LogP contribution in [0.25, 0.3) is 0 Å². The van der Waals surface area contributed by atoms with E-state index in [0.717, 1.165) is 10.6 Å². The van der Waals surface area contributed by atoms with Crippen LogP contribution in [0.15, 0.2) is 53.6 Å². The minimum Gasteiger partial charge on any atom is -0.497 e. The average Bonchev–Trinajstić information content (AvgIpc) is 2.75. The van der Waals surface area contributed by atoms with Gasteiger partial charge in [0.05, 0.1) is 25.3 Å². The maximum Gasteiger partial charge on any atom is 0.344 e. The zero-order chi connectivity index (χ0) is 25.4. The molecule has 11 heteroatoms. The second-order valence-corrected chi connectivity index (χ2v) is 10.1. The lowest BCUT2D eigenvalue weighted by atomic mass is 10.2. The smallest absolute Gasteiger partial charge is 0.344 e. The lowest BCUT2D eigenvalue weighted by molar-refractivity contribution is -0.157. The molecule has 2 rings (SSSR count). The molecular formula is C23H29N3O7S. The highest BCUT2D eigenvalue weighted by Gasteiger charge is 2.21. The highest BCUT2D eigenvalue weighted by atomic mass is 32.2. The molecule has 0 fully saturated rings. The van der Waals surface area contributed by atoms with Crippen molar-refractivity contribution in [3.63, 3.8) is 0 Å². The molecular weight excluding hydrogens is 462 g/mol. The second kappa shape index (κ2) is 11.5. The number of benzene rings is 2. The summed E-state index contributed by atoms with van der Waals surface area (Å²) in [6, 6.07) is 12.9. The van der Waals surface area contributed by atoms with Crippen LogP contribution in [0.3, 0.4) is 0 Å². The summed E-state index contributed by atoms with van der Waals surface area (Å²) in [4.78, 5) is 24.0. The number of hydrogen-bond donors (Lipinski definition) is 1. The molecule has 0 aliphatic rings. The van der Waals surface area contributed by atoms with Crippen molar-refractivity contribution in [3.05, 3.63) is 54.1 Å². The average molecular weight is 492 g/mol. The maximum atomic E-state index is 12.3.